The lowest BCUT2D eigenvalue weighted by Crippen LogP contribution is -2.15. The van der Waals surface area contributed by atoms with Crippen molar-refractivity contribution in [3.05, 3.63) is 22.6 Å². The predicted octanol–water partition coefficient (Wildman–Crippen LogP) is 1.08. The molecule has 0 unspecified atom stereocenters. The monoisotopic (exact) mass is 279 g/mol. The molecule has 0 radical (unpaired) electrons. The second kappa shape index (κ2) is 4.88. The number of hydrogen-bond donors (Lipinski definition) is 2. The van der Waals surface area contributed by atoms with Gasteiger partial charge in [0, 0.05) is 12.3 Å². The summed E-state index contributed by atoms with van der Waals surface area (Å²) in [5.41, 5.74) is -4.39. The van der Waals surface area contributed by atoms with Crippen LogP contribution < -0.4 is 11.0 Å². The fraction of sp³-hybridized carbons (Fsp3) is 0.375. The van der Waals surface area contributed by atoms with Crippen LogP contribution in [0.3, 0.4) is 0 Å². The van der Waals surface area contributed by atoms with Crippen LogP contribution in [-0.4, -0.2) is 37.6 Å². The third kappa shape index (κ3) is 3.15. The van der Waals surface area contributed by atoms with Gasteiger partial charge in [0.2, 0.25) is 0 Å². The van der Waals surface area contributed by atoms with Gasteiger partial charge >= 0.3 is 11.2 Å². The normalized spacial score (nSPS) is 11.9. The number of nitrogens with zero attached hydrogens (tertiary/aromatic N) is 3. The number of anilines is 1. The maximum atomic E-state index is 11.9. The molecule has 2 N–H and O–H groups in total. The van der Waals surface area contributed by atoms with E-state index >= 15 is 0 Å². The van der Waals surface area contributed by atoms with Gasteiger partial charge in [0.25, 0.3) is 0 Å². The van der Waals surface area contributed by atoms with Gasteiger partial charge in [-0.25, -0.2) is 9.89 Å². The Kier molecular flexibility index (Phi) is 3.45. The molecule has 0 spiro atoms. The van der Waals surface area contributed by atoms with Crippen LogP contribution in [-0.2, 0) is 0 Å². The minimum atomic E-state index is -4.24. The van der Waals surface area contributed by atoms with Crippen LogP contribution in [0.4, 0.5) is 19.0 Å². The number of aromatic amines is 1. The highest BCUT2D eigenvalue weighted by Gasteiger charge is 2.27. The quantitative estimate of drug-likeness (QED) is 0.819. The summed E-state index contributed by atoms with van der Waals surface area (Å²) >= 11 is -0.116. The highest BCUT2D eigenvalue weighted by atomic mass is 32.2. The first-order valence-electron chi connectivity index (χ1n) is 4.85. The van der Waals surface area contributed by atoms with Crippen LogP contribution in [0.25, 0.3) is 5.65 Å². The molecule has 0 aliphatic heterocycles. The Bertz CT molecular complexity index is 592. The smallest absolute Gasteiger partial charge is 0.368 e. The molecule has 10 heteroatoms. The number of rotatable bonds is 4. The molecule has 0 saturated carbocycles. The topological polar surface area (TPSA) is 75.1 Å². The van der Waals surface area contributed by atoms with Crippen LogP contribution in [0.15, 0.2) is 16.9 Å². The van der Waals surface area contributed by atoms with Crippen LogP contribution in [0.2, 0.25) is 0 Å². The maximum Gasteiger partial charge on any atom is 0.441 e. The van der Waals surface area contributed by atoms with Crippen molar-refractivity contribution in [3.8, 4) is 0 Å². The SMILES string of the molecule is O=c1[nH]nc2ccc(NCCSC(F)(F)F)nn12. The van der Waals surface area contributed by atoms with Gasteiger partial charge in [0.1, 0.15) is 5.82 Å². The maximum absolute atomic E-state index is 11.9. The zero-order chi connectivity index (χ0) is 13.2. The van der Waals surface area contributed by atoms with Gasteiger partial charge < -0.3 is 5.32 Å². The first-order valence-corrected chi connectivity index (χ1v) is 5.83. The molecule has 18 heavy (non-hydrogen) atoms. The van der Waals surface area contributed by atoms with Crippen molar-refractivity contribution in [2.75, 3.05) is 17.6 Å². The molecule has 98 valence electrons. The van der Waals surface area contributed by atoms with Crippen molar-refractivity contribution in [1.29, 1.82) is 0 Å². The van der Waals surface area contributed by atoms with E-state index in [-0.39, 0.29) is 24.1 Å². The number of alkyl halides is 3. The van der Waals surface area contributed by atoms with Crippen LogP contribution in [0.5, 0.6) is 0 Å². The molecule has 0 saturated heterocycles. The Morgan fingerprint density at radius 2 is 2.22 bits per heavy atom. The summed E-state index contributed by atoms with van der Waals surface area (Å²) < 4.78 is 36.6. The molecule has 2 rings (SSSR count). The van der Waals surface area contributed by atoms with Gasteiger partial charge in [-0.2, -0.15) is 22.8 Å². The molecule has 6 nitrogen and oxygen atoms in total. The number of fused-ring (bicyclic) bond motifs is 1. The molecule has 0 aromatic carbocycles. The minimum absolute atomic E-state index is 0.0925. The molecule has 0 atom stereocenters. The standard InChI is InChI=1S/C8H8F3N5OS/c9-8(10,11)18-4-3-12-5-1-2-6-13-14-7(17)16(6)15-5/h1-2H,3-4H2,(H,12,15)(H,14,17). The molecule has 0 fully saturated rings. The van der Waals surface area contributed by atoms with Crippen molar-refractivity contribution in [2.45, 2.75) is 5.51 Å². The van der Waals surface area contributed by atoms with E-state index in [1.165, 1.54) is 12.1 Å². The number of thioether (sulfide) groups is 1. The lowest BCUT2D eigenvalue weighted by Gasteiger charge is -2.07. The highest BCUT2D eigenvalue weighted by molar-refractivity contribution is 8.00. The first kappa shape index (κ1) is 12.7. The summed E-state index contributed by atoms with van der Waals surface area (Å²) in [4.78, 5) is 11.2. The van der Waals surface area contributed by atoms with Crippen LogP contribution in [0, 0.1) is 0 Å². The lowest BCUT2D eigenvalue weighted by molar-refractivity contribution is -0.0327. The Hall–Kier alpha value is -1.71. The summed E-state index contributed by atoms with van der Waals surface area (Å²) in [7, 11) is 0. The van der Waals surface area contributed by atoms with E-state index in [2.05, 4.69) is 20.6 Å². The molecule has 0 aliphatic rings. The Morgan fingerprint density at radius 3 is 2.94 bits per heavy atom. The van der Waals surface area contributed by atoms with E-state index in [1.54, 1.807) is 0 Å². The van der Waals surface area contributed by atoms with Crippen LogP contribution >= 0.6 is 11.8 Å². The summed E-state index contributed by atoms with van der Waals surface area (Å²) in [6.07, 6.45) is 0. The summed E-state index contributed by atoms with van der Waals surface area (Å²) in [6, 6.07) is 3.07. The molecular weight excluding hydrogens is 271 g/mol. The molecule has 2 heterocycles. The van der Waals surface area contributed by atoms with Gasteiger partial charge in [-0.3, -0.25) is 0 Å². The molecule has 0 bridgehead atoms. The summed E-state index contributed by atoms with van der Waals surface area (Å²) in [5, 5.41) is 12.4. The van der Waals surface area contributed by atoms with Gasteiger partial charge in [-0.1, -0.05) is 0 Å². The summed E-state index contributed by atoms with van der Waals surface area (Å²) in [6.45, 7) is 0.0925. The number of hydrogen-bond acceptors (Lipinski definition) is 5. The second-order valence-corrected chi connectivity index (χ2v) is 4.40. The minimum Gasteiger partial charge on any atom is -0.368 e. The third-order valence-corrected chi connectivity index (χ3v) is 2.68. The van der Waals surface area contributed by atoms with E-state index in [0.29, 0.717) is 11.5 Å². The Morgan fingerprint density at radius 1 is 1.44 bits per heavy atom. The zero-order valence-electron chi connectivity index (χ0n) is 8.86. The van der Waals surface area contributed by atoms with Crippen LogP contribution in [0.1, 0.15) is 0 Å². The molecule has 0 aliphatic carbocycles. The van der Waals surface area contributed by atoms with Crippen molar-refractivity contribution < 1.29 is 13.2 Å². The first-order chi connectivity index (χ1) is 8.46. The van der Waals surface area contributed by atoms with E-state index < -0.39 is 11.2 Å². The average Bonchev–Trinajstić information content (AvgIpc) is 2.65. The van der Waals surface area contributed by atoms with Crippen molar-refractivity contribution in [2.24, 2.45) is 0 Å². The van der Waals surface area contributed by atoms with Gasteiger partial charge in [-0.15, -0.1) is 5.10 Å². The molecule has 2 aromatic rings. The molecule has 2 aromatic heterocycles. The molecular formula is C8H8F3N5OS. The fourth-order valence-corrected chi connectivity index (χ4v) is 1.68. The van der Waals surface area contributed by atoms with Gasteiger partial charge in [0.05, 0.1) is 0 Å². The van der Waals surface area contributed by atoms with Gasteiger partial charge in [-0.05, 0) is 23.9 Å². The highest BCUT2D eigenvalue weighted by Crippen LogP contribution is 2.29. The predicted molar refractivity (Wildman–Crippen MR) is 60.6 cm³/mol. The number of H-pyrrole nitrogens is 1. The number of aromatic nitrogens is 4. The second-order valence-electron chi connectivity index (χ2n) is 3.24. The van der Waals surface area contributed by atoms with Crippen molar-refractivity contribution in [1.82, 2.24) is 19.8 Å². The van der Waals surface area contributed by atoms with E-state index in [0.717, 1.165) is 4.52 Å². The van der Waals surface area contributed by atoms with E-state index in [9.17, 15) is 18.0 Å². The Labute approximate surface area is 103 Å². The van der Waals surface area contributed by atoms with Gasteiger partial charge in [0.15, 0.2) is 5.65 Å². The van der Waals surface area contributed by atoms with Crippen molar-refractivity contribution >= 4 is 23.2 Å². The zero-order valence-corrected chi connectivity index (χ0v) is 9.68. The third-order valence-electron chi connectivity index (χ3n) is 1.95. The van der Waals surface area contributed by atoms with E-state index in [4.69, 9.17) is 0 Å². The Balaban J connectivity index is 1.96. The summed E-state index contributed by atoms with van der Waals surface area (Å²) in [5.74, 6) is 0.178. The van der Waals surface area contributed by atoms with E-state index in [1.807, 2.05) is 0 Å². The van der Waals surface area contributed by atoms with Crippen molar-refractivity contribution in [3.63, 3.8) is 0 Å². The average molecular weight is 279 g/mol. The lowest BCUT2D eigenvalue weighted by atomic mass is 10.5. The molecule has 0 amide bonds. The fourth-order valence-electron chi connectivity index (χ4n) is 1.24. The number of nitrogens with one attached hydrogen (secondary N) is 2. The largest absolute Gasteiger partial charge is 0.441 e. The number of halogens is 3.